The minimum atomic E-state index is -0.355. The first-order valence-electron chi connectivity index (χ1n) is 4.71. The minimum Gasteiger partial charge on any atom is -0.453 e. The van der Waals surface area contributed by atoms with Crippen LogP contribution in [0.2, 0.25) is 0 Å². The lowest BCUT2D eigenvalue weighted by molar-refractivity contribution is 0.167. The number of alkyl carbamates (subject to hydrolysis) is 1. The Kier molecular flexibility index (Phi) is 3.34. The van der Waals surface area contributed by atoms with Crippen LogP contribution in [-0.2, 0) is 4.74 Å². The Morgan fingerprint density at radius 2 is 2.31 bits per heavy atom. The molecule has 0 aromatic heterocycles. The second-order valence-corrected chi connectivity index (χ2v) is 3.46. The van der Waals surface area contributed by atoms with Crippen LogP contribution in [0.25, 0.3) is 0 Å². The van der Waals surface area contributed by atoms with E-state index in [-0.39, 0.29) is 12.1 Å². The molecule has 1 saturated carbocycles. The summed E-state index contributed by atoms with van der Waals surface area (Å²) in [5, 5.41) is 2.82. The van der Waals surface area contributed by atoms with Crippen LogP contribution in [0, 0.1) is 5.92 Å². The van der Waals surface area contributed by atoms with E-state index in [1.807, 2.05) is 0 Å². The fourth-order valence-corrected chi connectivity index (χ4v) is 1.39. The second-order valence-electron chi connectivity index (χ2n) is 3.46. The highest BCUT2D eigenvalue weighted by atomic mass is 16.5. The largest absolute Gasteiger partial charge is 0.453 e. The van der Waals surface area contributed by atoms with Gasteiger partial charge in [0.1, 0.15) is 0 Å². The molecule has 3 nitrogen and oxygen atoms in total. The predicted molar refractivity (Wildman–Crippen MR) is 51.5 cm³/mol. The molecule has 0 aromatic rings. The molecule has 3 heteroatoms. The van der Waals surface area contributed by atoms with Crippen molar-refractivity contribution in [3.8, 4) is 0 Å². The molecule has 1 N–H and O–H groups in total. The lowest BCUT2D eigenvalue weighted by Gasteiger charge is -2.18. The number of ether oxygens (including phenoxy) is 1. The highest BCUT2D eigenvalue weighted by Crippen LogP contribution is 2.35. The maximum atomic E-state index is 11.0. The van der Waals surface area contributed by atoms with E-state index >= 15 is 0 Å². The van der Waals surface area contributed by atoms with Crippen LogP contribution in [0.4, 0.5) is 4.79 Å². The van der Waals surface area contributed by atoms with Crippen molar-refractivity contribution in [1.29, 1.82) is 0 Å². The summed E-state index contributed by atoms with van der Waals surface area (Å²) < 4.78 is 4.56. The highest BCUT2D eigenvalue weighted by Gasteiger charge is 2.33. The third kappa shape index (κ3) is 2.76. The van der Waals surface area contributed by atoms with Gasteiger partial charge in [-0.15, -0.1) is 0 Å². The van der Waals surface area contributed by atoms with Crippen LogP contribution in [0.3, 0.4) is 0 Å². The van der Waals surface area contributed by atoms with E-state index in [4.69, 9.17) is 0 Å². The van der Waals surface area contributed by atoms with Crippen LogP contribution >= 0.6 is 0 Å². The fourth-order valence-electron chi connectivity index (χ4n) is 1.39. The van der Waals surface area contributed by atoms with E-state index in [2.05, 4.69) is 23.6 Å². The summed E-state index contributed by atoms with van der Waals surface area (Å²) in [6.07, 6.45) is 2.93. The molecule has 0 bridgehead atoms. The number of methoxy groups -OCH3 is 1. The van der Waals surface area contributed by atoms with E-state index in [9.17, 15) is 4.79 Å². The molecule has 0 radical (unpaired) electrons. The average Bonchev–Trinajstić information content (AvgIpc) is 2.95. The zero-order chi connectivity index (χ0) is 9.84. The average molecular weight is 183 g/mol. The zero-order valence-corrected chi connectivity index (χ0v) is 8.30. The van der Waals surface area contributed by atoms with E-state index in [1.165, 1.54) is 20.0 Å². The third-order valence-electron chi connectivity index (χ3n) is 2.45. The van der Waals surface area contributed by atoms with Gasteiger partial charge in [0.2, 0.25) is 0 Å². The van der Waals surface area contributed by atoms with Gasteiger partial charge in [0.15, 0.2) is 0 Å². The maximum Gasteiger partial charge on any atom is 0.407 e. The van der Waals surface area contributed by atoms with Crippen LogP contribution in [0.5, 0.6) is 0 Å². The summed E-state index contributed by atoms with van der Waals surface area (Å²) in [7, 11) is 1.38. The van der Waals surface area contributed by atoms with Gasteiger partial charge >= 0.3 is 6.09 Å². The van der Waals surface area contributed by atoms with E-state index < -0.39 is 0 Å². The summed E-state index contributed by atoms with van der Waals surface area (Å²) in [6.45, 7) is 6.00. The van der Waals surface area contributed by atoms with Crippen LogP contribution in [0.15, 0.2) is 12.2 Å². The van der Waals surface area contributed by atoms with Gasteiger partial charge in [0.05, 0.1) is 13.2 Å². The molecule has 1 atom stereocenters. The van der Waals surface area contributed by atoms with Gasteiger partial charge in [-0.2, -0.15) is 0 Å². The van der Waals surface area contributed by atoms with Crippen molar-refractivity contribution in [3.05, 3.63) is 12.2 Å². The van der Waals surface area contributed by atoms with Gasteiger partial charge < -0.3 is 10.1 Å². The lowest BCUT2D eigenvalue weighted by Crippen LogP contribution is -2.37. The van der Waals surface area contributed by atoms with Gasteiger partial charge in [-0.05, 0) is 25.2 Å². The maximum absolute atomic E-state index is 11.0. The Labute approximate surface area is 79.2 Å². The lowest BCUT2D eigenvalue weighted by atomic mass is 10.0. The molecular weight excluding hydrogens is 166 g/mol. The van der Waals surface area contributed by atoms with Crippen LogP contribution in [-0.4, -0.2) is 19.2 Å². The Hall–Kier alpha value is -0.990. The number of carbonyl (C=O) groups is 1. The topological polar surface area (TPSA) is 38.3 Å². The number of rotatable bonds is 4. The number of hydrogen-bond acceptors (Lipinski definition) is 2. The van der Waals surface area contributed by atoms with Gasteiger partial charge in [-0.3, -0.25) is 0 Å². The first-order chi connectivity index (χ1) is 6.19. The molecule has 0 aliphatic heterocycles. The molecule has 1 amide bonds. The molecule has 13 heavy (non-hydrogen) atoms. The third-order valence-corrected chi connectivity index (χ3v) is 2.45. The zero-order valence-electron chi connectivity index (χ0n) is 8.30. The first kappa shape index (κ1) is 10.1. The number of amides is 1. The molecule has 1 aliphatic rings. The SMILES string of the molecule is C=C(CC)[C@@H](NC(=O)OC)C1CC1. The Morgan fingerprint density at radius 3 is 2.69 bits per heavy atom. The number of nitrogens with one attached hydrogen (secondary N) is 1. The van der Waals surface area contributed by atoms with Gasteiger partial charge in [0, 0.05) is 0 Å². The number of hydrogen-bond donors (Lipinski definition) is 1. The van der Waals surface area contributed by atoms with Crippen molar-refractivity contribution in [2.45, 2.75) is 32.2 Å². The van der Waals surface area contributed by atoms with Crippen molar-refractivity contribution in [2.24, 2.45) is 5.92 Å². The molecule has 1 fully saturated rings. The first-order valence-corrected chi connectivity index (χ1v) is 4.71. The number of carbonyl (C=O) groups excluding carboxylic acids is 1. The molecule has 0 saturated heterocycles. The Balaban J connectivity index is 2.47. The predicted octanol–water partition coefficient (Wildman–Crippen LogP) is 2.09. The monoisotopic (exact) mass is 183 g/mol. The second kappa shape index (κ2) is 4.30. The minimum absolute atomic E-state index is 0.123. The summed E-state index contributed by atoms with van der Waals surface area (Å²) in [4.78, 5) is 11.0. The molecule has 0 unspecified atom stereocenters. The summed E-state index contributed by atoms with van der Waals surface area (Å²) in [5.74, 6) is 0.589. The van der Waals surface area contributed by atoms with E-state index in [0.29, 0.717) is 5.92 Å². The Morgan fingerprint density at radius 1 is 1.69 bits per heavy atom. The van der Waals surface area contributed by atoms with Crippen LogP contribution < -0.4 is 5.32 Å². The summed E-state index contributed by atoms with van der Waals surface area (Å²) >= 11 is 0. The van der Waals surface area contributed by atoms with Crippen molar-refractivity contribution in [3.63, 3.8) is 0 Å². The molecule has 74 valence electrons. The van der Waals surface area contributed by atoms with Crippen molar-refractivity contribution >= 4 is 6.09 Å². The quantitative estimate of drug-likeness (QED) is 0.678. The van der Waals surface area contributed by atoms with E-state index in [1.54, 1.807) is 0 Å². The van der Waals surface area contributed by atoms with Gasteiger partial charge in [-0.25, -0.2) is 4.79 Å². The van der Waals surface area contributed by atoms with Crippen molar-refractivity contribution in [2.75, 3.05) is 7.11 Å². The summed E-state index contributed by atoms with van der Waals surface area (Å²) in [6, 6.07) is 0.123. The summed E-state index contributed by atoms with van der Waals surface area (Å²) in [5.41, 5.74) is 1.09. The van der Waals surface area contributed by atoms with Crippen LogP contribution in [0.1, 0.15) is 26.2 Å². The van der Waals surface area contributed by atoms with Crippen molar-refractivity contribution < 1.29 is 9.53 Å². The smallest absolute Gasteiger partial charge is 0.407 e. The van der Waals surface area contributed by atoms with E-state index in [0.717, 1.165) is 12.0 Å². The van der Waals surface area contributed by atoms with Gasteiger partial charge in [-0.1, -0.05) is 19.1 Å². The molecule has 1 rings (SSSR count). The van der Waals surface area contributed by atoms with Gasteiger partial charge in [0.25, 0.3) is 0 Å². The standard InChI is InChI=1S/C10H17NO2/c1-4-7(2)9(8-5-6-8)11-10(12)13-3/h8-9H,2,4-6H2,1,3H3,(H,11,12)/t9-/m1/s1. The normalized spacial score (nSPS) is 17.7. The van der Waals surface area contributed by atoms with Crippen molar-refractivity contribution in [1.82, 2.24) is 5.32 Å². The molecule has 0 heterocycles. The molecular formula is C10H17NO2. The molecule has 0 aromatic carbocycles. The highest BCUT2D eigenvalue weighted by molar-refractivity contribution is 5.68. The molecule has 0 spiro atoms. The Bertz CT molecular complexity index is 209. The molecule has 1 aliphatic carbocycles. The fraction of sp³-hybridized carbons (Fsp3) is 0.700.